The van der Waals surface area contributed by atoms with Gasteiger partial charge in [-0.15, -0.1) is 0 Å². The molecule has 0 saturated carbocycles. The molecule has 0 spiro atoms. The smallest absolute Gasteiger partial charge is 0.459 e. The number of rotatable bonds is 12. The molecule has 230 valence electrons. The number of hydrogen-bond acceptors (Lipinski definition) is 13. The second-order valence-corrected chi connectivity index (χ2v) is 11.7. The van der Waals surface area contributed by atoms with Gasteiger partial charge in [-0.1, -0.05) is 25.1 Å². The number of esters is 2. The second-order valence-electron chi connectivity index (χ2n) is 10.0. The Labute approximate surface area is 247 Å². The van der Waals surface area contributed by atoms with E-state index in [4.69, 9.17) is 29.0 Å². The first kappa shape index (κ1) is 31.9. The Bertz CT molecular complexity index is 1540. The molecule has 4 rings (SSSR count). The summed E-state index contributed by atoms with van der Waals surface area (Å²) in [5, 5.41) is 28.4. The Morgan fingerprint density at radius 3 is 2.63 bits per heavy atom. The highest BCUT2D eigenvalue weighted by molar-refractivity contribution is 7.52. The first-order valence-corrected chi connectivity index (χ1v) is 15.0. The van der Waals surface area contributed by atoms with Crippen LogP contribution < -0.4 is 15.3 Å². The van der Waals surface area contributed by atoms with E-state index in [-0.39, 0.29) is 18.0 Å². The van der Waals surface area contributed by atoms with Crippen molar-refractivity contribution in [1.29, 1.82) is 5.26 Å². The molecular formula is C27H33N6O9P. The Morgan fingerprint density at radius 2 is 1.98 bits per heavy atom. The van der Waals surface area contributed by atoms with Crippen LogP contribution in [-0.2, 0) is 32.9 Å². The van der Waals surface area contributed by atoms with Gasteiger partial charge >= 0.3 is 19.7 Å². The van der Waals surface area contributed by atoms with Crippen molar-refractivity contribution in [2.24, 2.45) is 0 Å². The maximum atomic E-state index is 14.0. The lowest BCUT2D eigenvalue weighted by Crippen LogP contribution is -2.47. The number of nitrogens with zero attached hydrogens (tertiary/aromatic N) is 4. The van der Waals surface area contributed by atoms with Crippen LogP contribution in [-0.4, -0.2) is 68.2 Å². The summed E-state index contributed by atoms with van der Waals surface area (Å²) in [7, 11) is -4.45. The standard InChI is InChI=1S/C27H33N6O9P/c1-5-21(34)40-23-22(19-11-12-20-25(29)30-15-31-33(19)20)41-27(13-28,24(23)35)14-38-43(37,42-18-9-7-6-8-10-18)32-17(4)26(36)39-16(2)3/h6-12,15-17,22-24,35H,5,14H2,1-4H3,(H,32,37)(H2,29,30,31)/t17-,22-,23-,24-,27+,43-/m0/s1. The number of aliphatic hydroxyl groups excluding tert-OH is 1. The van der Waals surface area contributed by atoms with Crippen LogP contribution in [0.5, 0.6) is 5.75 Å². The molecule has 2 aromatic heterocycles. The summed E-state index contributed by atoms with van der Waals surface area (Å²) in [5.41, 5.74) is 4.44. The molecule has 6 atom stereocenters. The van der Waals surface area contributed by atoms with Crippen LogP contribution in [0, 0.1) is 11.3 Å². The third-order valence-corrected chi connectivity index (χ3v) is 8.07. The van der Waals surface area contributed by atoms with E-state index in [1.54, 1.807) is 51.1 Å². The number of hydrogen-bond donors (Lipinski definition) is 3. The van der Waals surface area contributed by atoms with Crippen LogP contribution >= 0.6 is 7.75 Å². The van der Waals surface area contributed by atoms with Gasteiger partial charge in [0.15, 0.2) is 11.9 Å². The topological polar surface area (TPSA) is 210 Å². The van der Waals surface area contributed by atoms with Gasteiger partial charge < -0.3 is 29.6 Å². The van der Waals surface area contributed by atoms with E-state index in [1.165, 1.54) is 29.9 Å². The average Bonchev–Trinajstić information content (AvgIpc) is 3.52. The van der Waals surface area contributed by atoms with E-state index in [0.717, 1.165) is 0 Å². The summed E-state index contributed by atoms with van der Waals surface area (Å²) >= 11 is 0. The lowest BCUT2D eigenvalue weighted by Gasteiger charge is -2.28. The molecule has 3 aromatic rings. The Hall–Kier alpha value is -4.06. The zero-order valence-electron chi connectivity index (χ0n) is 23.9. The van der Waals surface area contributed by atoms with Gasteiger partial charge in [0.05, 0.1) is 11.8 Å². The van der Waals surface area contributed by atoms with Gasteiger partial charge in [-0.05, 0) is 45.0 Å². The molecule has 0 unspecified atom stereocenters. The number of carbonyl (C=O) groups excluding carboxylic acids is 2. The molecule has 4 N–H and O–H groups in total. The number of benzene rings is 1. The number of aromatic nitrogens is 3. The van der Waals surface area contributed by atoms with E-state index < -0.39 is 62.4 Å². The number of anilines is 1. The molecule has 0 bridgehead atoms. The van der Waals surface area contributed by atoms with Crippen molar-refractivity contribution in [3.63, 3.8) is 0 Å². The molecule has 0 amide bonds. The van der Waals surface area contributed by atoms with E-state index >= 15 is 0 Å². The highest BCUT2D eigenvalue weighted by atomic mass is 31.2. The largest absolute Gasteiger partial charge is 0.462 e. The van der Waals surface area contributed by atoms with Crippen LogP contribution in [0.3, 0.4) is 0 Å². The minimum absolute atomic E-state index is 0.0234. The summed E-state index contributed by atoms with van der Waals surface area (Å²) in [6.45, 7) is 5.45. The molecular weight excluding hydrogens is 583 g/mol. The van der Waals surface area contributed by atoms with Crippen molar-refractivity contribution < 1.29 is 42.5 Å². The minimum atomic E-state index is -4.45. The summed E-state index contributed by atoms with van der Waals surface area (Å²) in [6, 6.07) is 11.9. The third-order valence-electron chi connectivity index (χ3n) is 6.45. The Morgan fingerprint density at radius 1 is 1.26 bits per heavy atom. The number of carbonyl (C=O) groups is 2. The molecule has 0 aliphatic carbocycles. The van der Waals surface area contributed by atoms with E-state index in [1.807, 2.05) is 6.07 Å². The normalized spacial score (nSPS) is 23.8. The fourth-order valence-electron chi connectivity index (χ4n) is 4.33. The number of nitrogens with one attached hydrogen (secondary N) is 1. The number of ether oxygens (including phenoxy) is 3. The van der Waals surface area contributed by atoms with E-state index in [9.17, 15) is 24.5 Å². The zero-order chi connectivity index (χ0) is 31.4. The number of nitrogen functional groups attached to an aromatic ring is 1. The molecule has 43 heavy (non-hydrogen) atoms. The molecule has 15 nitrogen and oxygen atoms in total. The van der Waals surface area contributed by atoms with E-state index in [2.05, 4.69) is 15.2 Å². The van der Waals surface area contributed by atoms with Gasteiger partial charge in [0.25, 0.3) is 0 Å². The van der Waals surface area contributed by atoms with Crippen LogP contribution in [0.2, 0.25) is 0 Å². The maximum Gasteiger partial charge on any atom is 0.459 e. The predicted octanol–water partition coefficient (Wildman–Crippen LogP) is 2.46. The molecule has 1 saturated heterocycles. The van der Waals surface area contributed by atoms with Gasteiger partial charge in [-0.2, -0.15) is 15.4 Å². The number of nitrogens with two attached hydrogens (primary N) is 1. The van der Waals surface area contributed by atoms with E-state index in [0.29, 0.717) is 11.2 Å². The van der Waals surface area contributed by atoms with Crippen molar-refractivity contribution in [2.45, 2.75) is 70.2 Å². The molecule has 0 radical (unpaired) electrons. The molecule has 1 aromatic carbocycles. The fraction of sp³-hybridized carbons (Fsp3) is 0.444. The zero-order valence-corrected chi connectivity index (χ0v) is 24.8. The molecule has 1 aliphatic heterocycles. The summed E-state index contributed by atoms with van der Waals surface area (Å²) < 4.78 is 43.5. The number of nitriles is 1. The first-order chi connectivity index (χ1) is 20.4. The van der Waals surface area contributed by atoms with Gasteiger partial charge in [0, 0.05) is 6.42 Å². The highest BCUT2D eigenvalue weighted by Gasteiger charge is 2.59. The molecule has 1 aliphatic rings. The van der Waals surface area contributed by atoms with Gasteiger partial charge in [0.1, 0.15) is 48.5 Å². The van der Waals surface area contributed by atoms with Gasteiger partial charge in [-0.3, -0.25) is 14.1 Å². The summed E-state index contributed by atoms with van der Waals surface area (Å²) in [6.07, 6.45) is -3.66. The number of para-hydroxylation sites is 1. The van der Waals surface area contributed by atoms with Crippen molar-refractivity contribution in [3.05, 3.63) is 54.5 Å². The average molecular weight is 617 g/mol. The van der Waals surface area contributed by atoms with Crippen molar-refractivity contribution in [2.75, 3.05) is 12.3 Å². The summed E-state index contributed by atoms with van der Waals surface area (Å²) in [5.74, 6) is -1.10. The maximum absolute atomic E-state index is 14.0. The lowest BCUT2D eigenvalue weighted by atomic mass is 9.96. The molecule has 3 heterocycles. The van der Waals surface area contributed by atoms with Crippen LogP contribution in [0.4, 0.5) is 5.82 Å². The monoisotopic (exact) mass is 616 g/mol. The van der Waals surface area contributed by atoms with Gasteiger partial charge in [-0.25, -0.2) is 14.1 Å². The second kappa shape index (κ2) is 13.1. The Balaban J connectivity index is 1.67. The minimum Gasteiger partial charge on any atom is -0.462 e. The van der Waals surface area contributed by atoms with Crippen molar-refractivity contribution >= 4 is 31.0 Å². The highest BCUT2D eigenvalue weighted by Crippen LogP contribution is 2.49. The lowest BCUT2D eigenvalue weighted by molar-refractivity contribution is -0.155. The van der Waals surface area contributed by atoms with Crippen LogP contribution in [0.25, 0.3) is 5.52 Å². The first-order valence-electron chi connectivity index (χ1n) is 13.4. The molecule has 1 fully saturated rings. The number of fused-ring (bicyclic) bond motifs is 1. The van der Waals surface area contributed by atoms with Crippen molar-refractivity contribution in [1.82, 2.24) is 19.7 Å². The van der Waals surface area contributed by atoms with Crippen molar-refractivity contribution in [3.8, 4) is 11.8 Å². The van der Waals surface area contributed by atoms with Gasteiger partial charge in [0.2, 0.25) is 5.60 Å². The Kier molecular flexibility index (Phi) is 9.69. The SMILES string of the molecule is CCC(=O)O[C@H]1[C@H](c2ccc3c(N)ncnn23)O[C@](C#N)(CO[P@@](=O)(N[C@@H](C)C(=O)OC(C)C)Oc2ccccc2)[C@H]1O. The number of aliphatic hydroxyl groups is 1. The fourth-order valence-corrected chi connectivity index (χ4v) is 5.85. The summed E-state index contributed by atoms with van der Waals surface area (Å²) in [4.78, 5) is 28.8. The third kappa shape index (κ3) is 6.96. The van der Waals surface area contributed by atoms with Crippen LogP contribution in [0.1, 0.15) is 45.9 Å². The quantitative estimate of drug-likeness (QED) is 0.197. The predicted molar refractivity (Wildman–Crippen MR) is 150 cm³/mol. The molecule has 16 heteroatoms. The van der Waals surface area contributed by atoms with Crippen LogP contribution in [0.15, 0.2) is 48.8 Å².